The average molecular weight is 357 g/mol. The Labute approximate surface area is 134 Å². The van der Waals surface area contributed by atoms with Gasteiger partial charge in [-0.2, -0.15) is 0 Å². The first-order chi connectivity index (χ1) is 9.58. The van der Waals surface area contributed by atoms with E-state index in [2.05, 4.69) is 45.5 Å². The standard InChI is InChI=1S/C16H25BrN2S/c1-3-12-5-13-4-11(2)6-16(7-12,8-13)18-9-14-10-20-15(17)19-14/h10-13,18H,3-9H2,1-2H3. The maximum atomic E-state index is 4.53. The molecule has 0 saturated heterocycles. The van der Waals surface area contributed by atoms with E-state index in [1.54, 1.807) is 11.3 Å². The second-order valence-electron chi connectivity index (χ2n) is 7.05. The third-order valence-corrected chi connectivity index (χ3v) is 6.66. The van der Waals surface area contributed by atoms with Crippen molar-refractivity contribution in [3.8, 4) is 0 Å². The zero-order valence-electron chi connectivity index (χ0n) is 12.5. The van der Waals surface area contributed by atoms with Crippen molar-refractivity contribution in [1.82, 2.24) is 10.3 Å². The van der Waals surface area contributed by atoms with E-state index in [0.717, 1.165) is 28.2 Å². The topological polar surface area (TPSA) is 24.9 Å². The molecule has 2 bridgehead atoms. The van der Waals surface area contributed by atoms with Crippen LogP contribution >= 0.6 is 27.3 Å². The van der Waals surface area contributed by atoms with Gasteiger partial charge < -0.3 is 5.32 Å². The minimum absolute atomic E-state index is 0.386. The van der Waals surface area contributed by atoms with Gasteiger partial charge in [0.15, 0.2) is 3.92 Å². The van der Waals surface area contributed by atoms with Crippen LogP contribution in [-0.4, -0.2) is 10.5 Å². The molecular formula is C16H25BrN2S. The van der Waals surface area contributed by atoms with Crippen LogP contribution in [0.1, 0.15) is 58.1 Å². The van der Waals surface area contributed by atoms with Crippen LogP contribution in [0.5, 0.6) is 0 Å². The van der Waals surface area contributed by atoms with Gasteiger partial charge in [0.1, 0.15) is 0 Å². The predicted octanol–water partition coefficient (Wildman–Crippen LogP) is 4.99. The summed E-state index contributed by atoms with van der Waals surface area (Å²) in [6.45, 7) is 5.73. The van der Waals surface area contributed by atoms with Gasteiger partial charge >= 0.3 is 0 Å². The summed E-state index contributed by atoms with van der Waals surface area (Å²) in [6.07, 6.45) is 8.37. The smallest absolute Gasteiger partial charge is 0.159 e. The highest BCUT2D eigenvalue weighted by Crippen LogP contribution is 2.48. The molecular weight excluding hydrogens is 332 g/mol. The molecule has 2 fully saturated rings. The Balaban J connectivity index is 1.70. The summed E-state index contributed by atoms with van der Waals surface area (Å²) in [5, 5.41) is 6.08. The highest BCUT2D eigenvalue weighted by Gasteiger charge is 2.44. The normalized spacial score (nSPS) is 37.0. The van der Waals surface area contributed by atoms with Crippen molar-refractivity contribution >= 4 is 27.3 Å². The van der Waals surface area contributed by atoms with Crippen molar-refractivity contribution in [3.05, 3.63) is 15.0 Å². The Morgan fingerprint density at radius 2 is 2.25 bits per heavy atom. The lowest BCUT2D eigenvalue weighted by atomic mass is 9.60. The molecule has 1 aromatic heterocycles. The van der Waals surface area contributed by atoms with Gasteiger partial charge in [0, 0.05) is 17.5 Å². The molecule has 4 unspecified atom stereocenters. The summed E-state index contributed by atoms with van der Waals surface area (Å²) in [4.78, 5) is 4.53. The first kappa shape index (κ1) is 15.0. The van der Waals surface area contributed by atoms with Crippen molar-refractivity contribution in [2.24, 2.45) is 17.8 Å². The lowest BCUT2D eigenvalue weighted by molar-refractivity contribution is 0.0473. The number of hydrogen-bond acceptors (Lipinski definition) is 3. The third kappa shape index (κ3) is 3.28. The minimum Gasteiger partial charge on any atom is -0.306 e. The summed E-state index contributed by atoms with van der Waals surface area (Å²) < 4.78 is 0.997. The maximum Gasteiger partial charge on any atom is 0.159 e. The molecule has 2 aliphatic carbocycles. The summed E-state index contributed by atoms with van der Waals surface area (Å²) in [5.74, 6) is 2.75. The number of nitrogens with zero attached hydrogens (tertiary/aromatic N) is 1. The predicted molar refractivity (Wildman–Crippen MR) is 88.9 cm³/mol. The van der Waals surface area contributed by atoms with Crippen LogP contribution < -0.4 is 5.32 Å². The second kappa shape index (κ2) is 6.05. The third-order valence-electron chi connectivity index (χ3n) is 5.25. The van der Waals surface area contributed by atoms with Crippen LogP contribution in [0.4, 0.5) is 0 Å². The number of aromatic nitrogens is 1. The number of hydrogen-bond donors (Lipinski definition) is 1. The van der Waals surface area contributed by atoms with Gasteiger partial charge in [-0.15, -0.1) is 11.3 Å². The van der Waals surface area contributed by atoms with Gasteiger partial charge in [-0.3, -0.25) is 0 Å². The van der Waals surface area contributed by atoms with Crippen molar-refractivity contribution in [2.45, 2.75) is 64.5 Å². The first-order valence-electron chi connectivity index (χ1n) is 7.93. The molecule has 0 radical (unpaired) electrons. The summed E-state index contributed by atoms with van der Waals surface area (Å²) in [7, 11) is 0. The van der Waals surface area contributed by atoms with Gasteiger partial charge in [-0.05, 0) is 65.8 Å². The lowest BCUT2D eigenvalue weighted by Gasteiger charge is -2.51. The summed E-state index contributed by atoms with van der Waals surface area (Å²) in [5.41, 5.74) is 1.57. The monoisotopic (exact) mass is 356 g/mol. The average Bonchev–Trinajstić information content (AvgIpc) is 2.81. The van der Waals surface area contributed by atoms with Crippen molar-refractivity contribution < 1.29 is 0 Å². The van der Waals surface area contributed by atoms with Gasteiger partial charge in [-0.1, -0.05) is 20.3 Å². The van der Waals surface area contributed by atoms with Crippen LogP contribution in [0.3, 0.4) is 0 Å². The Morgan fingerprint density at radius 1 is 1.40 bits per heavy atom. The van der Waals surface area contributed by atoms with Crippen LogP contribution in [0.15, 0.2) is 9.30 Å². The van der Waals surface area contributed by atoms with Crippen LogP contribution in [0, 0.1) is 17.8 Å². The molecule has 1 aromatic rings. The van der Waals surface area contributed by atoms with E-state index in [0.29, 0.717) is 5.54 Å². The summed E-state index contributed by atoms with van der Waals surface area (Å²) in [6, 6.07) is 0. The number of rotatable bonds is 4. The van der Waals surface area contributed by atoms with E-state index < -0.39 is 0 Å². The SMILES string of the molecule is CCC1CC2CC(C)CC(NCc3csc(Br)n3)(C1)C2. The molecule has 0 aromatic carbocycles. The second-order valence-corrected chi connectivity index (χ2v) is 9.19. The molecule has 1 heterocycles. The van der Waals surface area contributed by atoms with E-state index >= 15 is 0 Å². The molecule has 0 aliphatic heterocycles. The van der Waals surface area contributed by atoms with Crippen molar-refractivity contribution in [2.75, 3.05) is 0 Å². The zero-order chi connectivity index (χ0) is 14.2. The molecule has 1 N–H and O–H groups in total. The molecule has 112 valence electrons. The lowest BCUT2D eigenvalue weighted by Crippen LogP contribution is -2.54. The van der Waals surface area contributed by atoms with E-state index in [-0.39, 0.29) is 0 Å². The Morgan fingerprint density at radius 3 is 2.95 bits per heavy atom. The maximum absolute atomic E-state index is 4.53. The highest BCUT2D eigenvalue weighted by atomic mass is 79.9. The van der Waals surface area contributed by atoms with Crippen LogP contribution in [0.25, 0.3) is 0 Å². The Hall–Kier alpha value is 0.0700. The molecule has 2 aliphatic rings. The largest absolute Gasteiger partial charge is 0.306 e. The molecule has 2 nitrogen and oxygen atoms in total. The number of fused-ring (bicyclic) bond motifs is 2. The first-order valence-corrected chi connectivity index (χ1v) is 9.61. The molecule has 4 heteroatoms. The Bertz CT molecular complexity index is 457. The van der Waals surface area contributed by atoms with Gasteiger partial charge in [0.2, 0.25) is 0 Å². The van der Waals surface area contributed by atoms with Crippen molar-refractivity contribution in [1.29, 1.82) is 0 Å². The zero-order valence-corrected chi connectivity index (χ0v) is 14.9. The molecule has 2 saturated carbocycles. The molecule has 4 atom stereocenters. The van der Waals surface area contributed by atoms with E-state index in [1.807, 2.05) is 0 Å². The highest BCUT2D eigenvalue weighted by molar-refractivity contribution is 9.11. The molecule has 20 heavy (non-hydrogen) atoms. The minimum atomic E-state index is 0.386. The van der Waals surface area contributed by atoms with Gasteiger partial charge in [0.05, 0.1) is 5.69 Å². The molecule has 3 rings (SSSR count). The summed E-state index contributed by atoms with van der Waals surface area (Å²) >= 11 is 5.14. The fraction of sp³-hybridized carbons (Fsp3) is 0.812. The van der Waals surface area contributed by atoms with E-state index in [4.69, 9.17) is 0 Å². The fourth-order valence-electron chi connectivity index (χ4n) is 4.66. The van der Waals surface area contributed by atoms with E-state index in [1.165, 1.54) is 44.2 Å². The van der Waals surface area contributed by atoms with Crippen LogP contribution in [0.2, 0.25) is 0 Å². The fourth-order valence-corrected chi connectivity index (χ4v) is 5.71. The number of thiazole rings is 1. The van der Waals surface area contributed by atoms with E-state index in [9.17, 15) is 0 Å². The molecule has 0 spiro atoms. The molecule has 0 amide bonds. The van der Waals surface area contributed by atoms with Gasteiger partial charge in [-0.25, -0.2) is 4.98 Å². The van der Waals surface area contributed by atoms with Crippen molar-refractivity contribution in [3.63, 3.8) is 0 Å². The Kier molecular flexibility index (Phi) is 4.54. The number of nitrogens with one attached hydrogen (secondary N) is 1. The number of halogens is 1. The van der Waals surface area contributed by atoms with Crippen LogP contribution in [-0.2, 0) is 6.54 Å². The quantitative estimate of drug-likeness (QED) is 0.821. The van der Waals surface area contributed by atoms with Gasteiger partial charge in [0.25, 0.3) is 0 Å².